The molecule has 2 aliphatic rings. The quantitative estimate of drug-likeness (QED) is 0.725. The van der Waals surface area contributed by atoms with Gasteiger partial charge in [0.1, 0.15) is 0 Å². The summed E-state index contributed by atoms with van der Waals surface area (Å²) >= 11 is 8.13. The lowest BCUT2D eigenvalue weighted by atomic mass is 9.86. The van der Waals surface area contributed by atoms with Crippen molar-refractivity contribution in [2.75, 3.05) is 13.1 Å². The Morgan fingerprint density at radius 2 is 2.32 bits per heavy atom. The molecule has 1 aliphatic carbocycles. The SMILES string of the molecule is CC1CCN(C(=O)C2CCCc3sccc32)CC1Cl. The van der Waals surface area contributed by atoms with Crippen LogP contribution in [0.15, 0.2) is 11.4 Å². The minimum atomic E-state index is 0.0901. The largest absolute Gasteiger partial charge is 0.341 e. The van der Waals surface area contributed by atoms with Crippen molar-refractivity contribution >= 4 is 28.8 Å². The molecule has 0 N–H and O–H groups in total. The van der Waals surface area contributed by atoms with Gasteiger partial charge < -0.3 is 4.90 Å². The van der Waals surface area contributed by atoms with Crippen molar-refractivity contribution in [3.05, 3.63) is 21.9 Å². The second-order valence-electron chi connectivity index (χ2n) is 5.81. The van der Waals surface area contributed by atoms with Crippen molar-refractivity contribution in [3.8, 4) is 0 Å². The third kappa shape index (κ3) is 2.55. The molecule has 0 radical (unpaired) electrons. The van der Waals surface area contributed by atoms with Gasteiger partial charge in [-0.05, 0) is 48.6 Å². The molecule has 1 saturated heterocycles. The Balaban J connectivity index is 1.75. The number of carbonyl (C=O) groups excluding carboxylic acids is 1. The summed E-state index contributed by atoms with van der Waals surface area (Å²) in [4.78, 5) is 16.1. The van der Waals surface area contributed by atoms with E-state index in [0.717, 1.165) is 38.8 Å². The number of thiophene rings is 1. The number of nitrogens with zero attached hydrogens (tertiary/aromatic N) is 1. The van der Waals surface area contributed by atoms with Crippen LogP contribution in [-0.2, 0) is 11.2 Å². The molecule has 0 bridgehead atoms. The molecule has 104 valence electrons. The lowest BCUT2D eigenvalue weighted by molar-refractivity contribution is -0.134. The Morgan fingerprint density at radius 1 is 1.47 bits per heavy atom. The number of carbonyl (C=O) groups is 1. The van der Waals surface area contributed by atoms with Crippen LogP contribution < -0.4 is 0 Å². The number of amides is 1. The molecule has 3 unspecified atom stereocenters. The van der Waals surface area contributed by atoms with Gasteiger partial charge in [-0.1, -0.05) is 6.92 Å². The van der Waals surface area contributed by atoms with E-state index in [9.17, 15) is 4.79 Å². The molecule has 0 aromatic carbocycles. The Morgan fingerprint density at radius 3 is 3.11 bits per heavy atom. The van der Waals surface area contributed by atoms with Crippen LogP contribution >= 0.6 is 22.9 Å². The topological polar surface area (TPSA) is 20.3 Å². The number of aryl methyl sites for hydroxylation is 1. The Bertz CT molecular complexity index is 472. The van der Waals surface area contributed by atoms with E-state index in [-0.39, 0.29) is 11.3 Å². The Labute approximate surface area is 123 Å². The van der Waals surface area contributed by atoms with Crippen LogP contribution in [0.4, 0.5) is 0 Å². The zero-order chi connectivity index (χ0) is 13.4. The third-order valence-corrected chi connectivity index (χ3v) is 6.09. The minimum absolute atomic E-state index is 0.0901. The fourth-order valence-electron chi connectivity index (χ4n) is 3.19. The van der Waals surface area contributed by atoms with Gasteiger partial charge in [-0.15, -0.1) is 22.9 Å². The van der Waals surface area contributed by atoms with Crippen molar-refractivity contribution in [1.82, 2.24) is 4.90 Å². The summed E-state index contributed by atoms with van der Waals surface area (Å²) in [5.41, 5.74) is 1.28. The molecular formula is C15H20ClNOS. The van der Waals surface area contributed by atoms with Crippen molar-refractivity contribution in [1.29, 1.82) is 0 Å². The fraction of sp³-hybridized carbons (Fsp3) is 0.667. The lowest BCUT2D eigenvalue weighted by Gasteiger charge is -2.36. The first-order valence-electron chi connectivity index (χ1n) is 7.16. The molecule has 4 heteroatoms. The predicted molar refractivity (Wildman–Crippen MR) is 80.0 cm³/mol. The zero-order valence-electron chi connectivity index (χ0n) is 11.3. The first kappa shape index (κ1) is 13.4. The lowest BCUT2D eigenvalue weighted by Crippen LogP contribution is -2.46. The molecule has 1 fully saturated rings. The second-order valence-corrected chi connectivity index (χ2v) is 7.37. The summed E-state index contributed by atoms with van der Waals surface area (Å²) in [6.07, 6.45) is 4.31. The summed E-state index contributed by atoms with van der Waals surface area (Å²) < 4.78 is 0. The van der Waals surface area contributed by atoms with E-state index in [1.807, 2.05) is 4.90 Å². The maximum absolute atomic E-state index is 12.7. The van der Waals surface area contributed by atoms with Crippen LogP contribution in [0.5, 0.6) is 0 Å². The van der Waals surface area contributed by atoms with Crippen molar-refractivity contribution in [2.45, 2.75) is 43.9 Å². The van der Waals surface area contributed by atoms with E-state index in [1.54, 1.807) is 11.3 Å². The van der Waals surface area contributed by atoms with Crippen LogP contribution in [0.1, 0.15) is 42.5 Å². The first-order chi connectivity index (χ1) is 9.16. The number of alkyl halides is 1. The standard InChI is InChI=1S/C15H20ClNOS/c1-10-5-7-17(9-13(10)16)15(18)12-3-2-4-14-11(12)6-8-19-14/h6,8,10,12-13H,2-5,7,9H2,1H3. The van der Waals surface area contributed by atoms with E-state index in [4.69, 9.17) is 11.6 Å². The molecule has 3 rings (SSSR count). The molecule has 1 aromatic rings. The van der Waals surface area contributed by atoms with Crippen LogP contribution in [0.25, 0.3) is 0 Å². The maximum Gasteiger partial charge on any atom is 0.230 e. The molecule has 0 saturated carbocycles. The molecular weight excluding hydrogens is 278 g/mol. The van der Waals surface area contributed by atoms with Gasteiger partial charge in [0.2, 0.25) is 5.91 Å². The van der Waals surface area contributed by atoms with E-state index in [1.165, 1.54) is 10.4 Å². The number of hydrogen-bond acceptors (Lipinski definition) is 2. The first-order valence-corrected chi connectivity index (χ1v) is 8.47. The normalized spacial score (nSPS) is 31.1. The molecule has 2 nitrogen and oxygen atoms in total. The highest BCUT2D eigenvalue weighted by atomic mass is 35.5. The minimum Gasteiger partial charge on any atom is -0.341 e. The van der Waals surface area contributed by atoms with Gasteiger partial charge in [-0.25, -0.2) is 0 Å². The monoisotopic (exact) mass is 297 g/mol. The third-order valence-electron chi connectivity index (χ3n) is 4.53. The molecule has 1 amide bonds. The van der Waals surface area contributed by atoms with E-state index < -0.39 is 0 Å². The molecule has 1 aromatic heterocycles. The van der Waals surface area contributed by atoms with Crippen molar-refractivity contribution in [3.63, 3.8) is 0 Å². The maximum atomic E-state index is 12.7. The van der Waals surface area contributed by atoms with Crippen LogP contribution in [0, 0.1) is 5.92 Å². The number of halogens is 1. The van der Waals surface area contributed by atoms with Gasteiger partial charge in [0.05, 0.1) is 11.3 Å². The second kappa shape index (κ2) is 5.45. The van der Waals surface area contributed by atoms with Crippen LogP contribution in [-0.4, -0.2) is 29.3 Å². The van der Waals surface area contributed by atoms with Crippen molar-refractivity contribution < 1.29 is 4.79 Å². The molecule has 1 aliphatic heterocycles. The summed E-state index contributed by atoms with van der Waals surface area (Å²) in [7, 11) is 0. The van der Waals surface area contributed by atoms with Gasteiger partial charge in [-0.3, -0.25) is 4.79 Å². The number of likely N-dealkylation sites (tertiary alicyclic amines) is 1. The predicted octanol–water partition coefficient (Wildman–Crippen LogP) is 3.64. The number of rotatable bonds is 1. The summed E-state index contributed by atoms with van der Waals surface area (Å²) in [6.45, 7) is 3.77. The van der Waals surface area contributed by atoms with E-state index >= 15 is 0 Å². The highest BCUT2D eigenvalue weighted by Crippen LogP contribution is 2.37. The molecule has 19 heavy (non-hydrogen) atoms. The fourth-order valence-corrected chi connectivity index (χ4v) is 4.47. The summed E-state index contributed by atoms with van der Waals surface area (Å²) in [5, 5.41) is 2.24. The number of fused-ring (bicyclic) bond motifs is 1. The molecule has 3 atom stereocenters. The van der Waals surface area contributed by atoms with Gasteiger partial charge in [0.15, 0.2) is 0 Å². The Kier molecular flexibility index (Phi) is 3.86. The summed E-state index contributed by atoms with van der Waals surface area (Å²) in [5.74, 6) is 0.915. The number of piperidine rings is 1. The average molecular weight is 298 g/mol. The van der Waals surface area contributed by atoms with E-state index in [2.05, 4.69) is 18.4 Å². The van der Waals surface area contributed by atoms with Crippen molar-refractivity contribution in [2.24, 2.45) is 5.92 Å². The smallest absolute Gasteiger partial charge is 0.230 e. The zero-order valence-corrected chi connectivity index (χ0v) is 12.8. The van der Waals surface area contributed by atoms with Gasteiger partial charge in [0.25, 0.3) is 0 Å². The number of hydrogen-bond donors (Lipinski definition) is 0. The highest BCUT2D eigenvalue weighted by Gasteiger charge is 2.34. The Hall–Kier alpha value is -0.540. The van der Waals surface area contributed by atoms with Crippen LogP contribution in [0.2, 0.25) is 0 Å². The summed E-state index contributed by atoms with van der Waals surface area (Å²) in [6, 6.07) is 2.15. The highest BCUT2D eigenvalue weighted by molar-refractivity contribution is 7.10. The van der Waals surface area contributed by atoms with Crippen LogP contribution in [0.3, 0.4) is 0 Å². The van der Waals surface area contributed by atoms with Gasteiger partial charge in [-0.2, -0.15) is 0 Å². The molecule has 0 spiro atoms. The van der Waals surface area contributed by atoms with Gasteiger partial charge in [0, 0.05) is 18.0 Å². The average Bonchev–Trinajstić information content (AvgIpc) is 2.89. The van der Waals surface area contributed by atoms with E-state index in [0.29, 0.717) is 11.8 Å². The molecule has 2 heterocycles. The van der Waals surface area contributed by atoms with Gasteiger partial charge >= 0.3 is 0 Å².